The van der Waals surface area contributed by atoms with Gasteiger partial charge in [0.1, 0.15) is 5.75 Å². The number of pyridine rings is 1. The molecule has 1 amide bonds. The number of amides is 1. The van der Waals surface area contributed by atoms with E-state index < -0.39 is 11.7 Å². The predicted molar refractivity (Wildman–Crippen MR) is 125 cm³/mol. The molecule has 0 aliphatic rings. The minimum absolute atomic E-state index is 0.114. The van der Waals surface area contributed by atoms with E-state index in [1.165, 1.54) is 13.2 Å². The Morgan fingerprint density at radius 2 is 1.94 bits per heavy atom. The molecule has 166 valence electrons. The molecule has 0 saturated carbocycles. The summed E-state index contributed by atoms with van der Waals surface area (Å²) in [5.74, 6) is -1.17. The van der Waals surface area contributed by atoms with Crippen LogP contribution in [0.3, 0.4) is 0 Å². The minimum Gasteiger partial charge on any atom is -0.495 e. The van der Waals surface area contributed by atoms with Gasteiger partial charge in [-0.3, -0.25) is 9.78 Å². The average molecular weight is 442 g/mol. The summed E-state index contributed by atoms with van der Waals surface area (Å²) in [4.78, 5) is 21.0. The lowest BCUT2D eigenvalue weighted by Crippen LogP contribution is -2.23. The molecule has 2 aromatic heterocycles. The zero-order chi connectivity index (χ0) is 23.2. The fourth-order valence-electron chi connectivity index (χ4n) is 3.37. The van der Waals surface area contributed by atoms with Crippen molar-refractivity contribution in [2.75, 3.05) is 7.11 Å². The topological polar surface area (TPSA) is 69.0 Å². The third-order valence-corrected chi connectivity index (χ3v) is 5.01. The predicted octanol–water partition coefficient (Wildman–Crippen LogP) is 4.88. The number of benzene rings is 2. The third-order valence-electron chi connectivity index (χ3n) is 5.01. The Balaban J connectivity index is 1.44. The second-order valence-corrected chi connectivity index (χ2v) is 7.41. The zero-order valence-corrected chi connectivity index (χ0v) is 18.3. The van der Waals surface area contributed by atoms with Gasteiger partial charge in [-0.15, -0.1) is 0 Å². The fraction of sp³-hybridized carbons (Fsp3) is 0.115. The molecular weight excluding hydrogens is 419 g/mol. The SMILES string of the molecule is COc1cc(C=C(F)C(=O)NCc2cccc(-c3ccccc3)n2)ccc1-n1cnc(C)c1. The first-order valence-electron chi connectivity index (χ1n) is 10.4. The number of ether oxygens (including phenoxy) is 1. The van der Waals surface area contributed by atoms with E-state index in [-0.39, 0.29) is 6.54 Å². The third kappa shape index (κ3) is 5.33. The molecule has 4 aromatic rings. The molecule has 0 fully saturated rings. The lowest BCUT2D eigenvalue weighted by atomic mass is 10.1. The van der Waals surface area contributed by atoms with Gasteiger partial charge >= 0.3 is 0 Å². The second kappa shape index (κ2) is 9.91. The molecule has 0 bridgehead atoms. The summed E-state index contributed by atoms with van der Waals surface area (Å²) >= 11 is 0. The highest BCUT2D eigenvalue weighted by molar-refractivity contribution is 5.95. The monoisotopic (exact) mass is 442 g/mol. The van der Waals surface area contributed by atoms with Gasteiger partial charge in [0.05, 0.1) is 42.8 Å². The molecule has 1 N–H and O–H groups in total. The maximum Gasteiger partial charge on any atom is 0.280 e. The lowest BCUT2D eigenvalue weighted by molar-refractivity contribution is -0.118. The Morgan fingerprint density at radius 3 is 2.67 bits per heavy atom. The number of hydrogen-bond acceptors (Lipinski definition) is 4. The molecule has 33 heavy (non-hydrogen) atoms. The first-order chi connectivity index (χ1) is 16.0. The number of hydrogen-bond donors (Lipinski definition) is 1. The smallest absolute Gasteiger partial charge is 0.280 e. The van der Waals surface area contributed by atoms with Crippen LogP contribution in [0.25, 0.3) is 23.0 Å². The maximum atomic E-state index is 14.6. The molecule has 7 heteroatoms. The largest absolute Gasteiger partial charge is 0.495 e. The van der Waals surface area contributed by atoms with Crippen molar-refractivity contribution in [1.29, 1.82) is 0 Å². The van der Waals surface area contributed by atoms with Gasteiger partial charge < -0.3 is 14.6 Å². The van der Waals surface area contributed by atoms with Crippen molar-refractivity contribution < 1.29 is 13.9 Å². The Hall–Kier alpha value is -4.26. The van der Waals surface area contributed by atoms with Crippen LogP contribution in [-0.2, 0) is 11.3 Å². The van der Waals surface area contributed by atoms with E-state index >= 15 is 0 Å². The summed E-state index contributed by atoms with van der Waals surface area (Å²) < 4.78 is 21.8. The van der Waals surface area contributed by atoms with Gasteiger partial charge in [0.2, 0.25) is 0 Å². The summed E-state index contributed by atoms with van der Waals surface area (Å²) in [6.07, 6.45) is 4.72. The summed E-state index contributed by atoms with van der Waals surface area (Å²) in [6.45, 7) is 2.00. The van der Waals surface area contributed by atoms with Crippen LogP contribution in [-0.4, -0.2) is 27.6 Å². The highest BCUT2D eigenvalue weighted by Gasteiger charge is 2.12. The Morgan fingerprint density at radius 1 is 1.12 bits per heavy atom. The van der Waals surface area contributed by atoms with Gasteiger partial charge in [-0.05, 0) is 42.8 Å². The molecule has 0 aliphatic heterocycles. The highest BCUT2D eigenvalue weighted by atomic mass is 19.1. The number of rotatable bonds is 7. The van der Waals surface area contributed by atoms with Crippen molar-refractivity contribution in [1.82, 2.24) is 19.9 Å². The van der Waals surface area contributed by atoms with Crippen LogP contribution in [0.1, 0.15) is 17.0 Å². The minimum atomic E-state index is -0.900. The normalized spacial score (nSPS) is 11.3. The van der Waals surface area contributed by atoms with Crippen LogP contribution >= 0.6 is 0 Å². The van der Waals surface area contributed by atoms with E-state index in [4.69, 9.17) is 4.74 Å². The number of nitrogens with zero attached hydrogens (tertiary/aromatic N) is 3. The Labute approximate surface area is 191 Å². The maximum absolute atomic E-state index is 14.6. The van der Waals surface area contributed by atoms with E-state index in [9.17, 15) is 9.18 Å². The van der Waals surface area contributed by atoms with Gasteiger partial charge in [-0.25, -0.2) is 9.37 Å². The molecule has 0 spiro atoms. The Kier molecular flexibility index (Phi) is 6.59. The van der Waals surface area contributed by atoms with Crippen molar-refractivity contribution in [3.05, 3.63) is 102 Å². The molecule has 4 rings (SSSR count). The first-order valence-corrected chi connectivity index (χ1v) is 10.4. The van der Waals surface area contributed by atoms with E-state index in [0.717, 1.165) is 22.6 Å². The number of aromatic nitrogens is 3. The number of methoxy groups -OCH3 is 1. The van der Waals surface area contributed by atoms with Gasteiger partial charge in [-0.2, -0.15) is 0 Å². The molecular formula is C26H23FN4O2. The standard InChI is InChI=1S/C26H23FN4O2/c1-18-16-31(17-29-18)24-12-11-19(14-25(24)33-2)13-22(27)26(32)28-15-21-9-6-10-23(30-21)20-7-4-3-5-8-20/h3-14,16-17H,15H2,1-2H3,(H,28,32). The molecule has 0 radical (unpaired) electrons. The van der Waals surface area contributed by atoms with Crippen molar-refractivity contribution >= 4 is 12.0 Å². The zero-order valence-electron chi connectivity index (χ0n) is 18.3. The average Bonchev–Trinajstić information content (AvgIpc) is 3.29. The van der Waals surface area contributed by atoms with Crippen LogP contribution in [0.5, 0.6) is 5.75 Å². The molecule has 0 saturated heterocycles. The molecule has 2 aromatic carbocycles. The number of aryl methyl sites for hydroxylation is 1. The van der Waals surface area contributed by atoms with E-state index in [2.05, 4.69) is 15.3 Å². The van der Waals surface area contributed by atoms with E-state index in [0.29, 0.717) is 17.0 Å². The summed E-state index contributed by atoms with van der Waals surface area (Å²) in [6, 6.07) is 20.4. The number of imidazole rings is 1. The number of nitrogens with one attached hydrogen (secondary N) is 1. The van der Waals surface area contributed by atoms with E-state index in [1.54, 1.807) is 30.6 Å². The van der Waals surface area contributed by atoms with Crippen molar-refractivity contribution in [3.63, 3.8) is 0 Å². The number of carbonyl (C=O) groups is 1. The summed E-state index contributed by atoms with van der Waals surface area (Å²) in [7, 11) is 1.54. The molecule has 0 aliphatic carbocycles. The van der Waals surface area contributed by atoms with Crippen LogP contribution in [0.4, 0.5) is 4.39 Å². The van der Waals surface area contributed by atoms with Gasteiger partial charge in [-0.1, -0.05) is 42.5 Å². The fourth-order valence-corrected chi connectivity index (χ4v) is 3.37. The molecule has 2 heterocycles. The second-order valence-electron chi connectivity index (χ2n) is 7.41. The molecule has 0 atom stereocenters. The number of halogens is 1. The van der Waals surface area contributed by atoms with E-state index in [1.807, 2.05) is 60.2 Å². The van der Waals surface area contributed by atoms with Crippen molar-refractivity contribution in [2.45, 2.75) is 13.5 Å². The summed E-state index contributed by atoms with van der Waals surface area (Å²) in [5, 5.41) is 2.58. The van der Waals surface area contributed by atoms with Crippen LogP contribution in [0.15, 0.2) is 85.1 Å². The molecule has 0 unspecified atom stereocenters. The van der Waals surface area contributed by atoms with Crippen molar-refractivity contribution in [3.8, 4) is 22.7 Å². The summed E-state index contributed by atoms with van der Waals surface area (Å²) in [5.41, 5.74) is 4.54. The quantitative estimate of drug-likeness (QED) is 0.414. The van der Waals surface area contributed by atoms with Crippen LogP contribution < -0.4 is 10.1 Å². The number of carbonyl (C=O) groups excluding carboxylic acids is 1. The lowest BCUT2D eigenvalue weighted by Gasteiger charge is -2.10. The molecule has 6 nitrogen and oxygen atoms in total. The van der Waals surface area contributed by atoms with Gasteiger partial charge in [0.25, 0.3) is 5.91 Å². The van der Waals surface area contributed by atoms with Gasteiger partial charge in [0.15, 0.2) is 5.83 Å². The van der Waals surface area contributed by atoms with Crippen molar-refractivity contribution in [2.24, 2.45) is 0 Å². The van der Waals surface area contributed by atoms with Crippen LogP contribution in [0, 0.1) is 6.92 Å². The van der Waals surface area contributed by atoms with Gasteiger partial charge in [0, 0.05) is 11.8 Å². The van der Waals surface area contributed by atoms with Crippen LogP contribution in [0.2, 0.25) is 0 Å². The first kappa shape index (κ1) is 22.0. The highest BCUT2D eigenvalue weighted by Crippen LogP contribution is 2.26. The Bertz CT molecular complexity index is 1300.